The van der Waals surface area contributed by atoms with Gasteiger partial charge in [-0.2, -0.15) is 0 Å². The summed E-state index contributed by atoms with van der Waals surface area (Å²) >= 11 is 5.80. The van der Waals surface area contributed by atoms with Crippen LogP contribution < -0.4 is 0 Å². The molecule has 1 nitrogen and oxygen atoms in total. The van der Waals surface area contributed by atoms with Crippen molar-refractivity contribution < 1.29 is 9.50 Å². The van der Waals surface area contributed by atoms with Gasteiger partial charge in [-0.3, -0.25) is 0 Å². The molecule has 1 atom stereocenters. The lowest BCUT2D eigenvalue weighted by Crippen LogP contribution is -2.04. The van der Waals surface area contributed by atoms with Crippen molar-refractivity contribution >= 4 is 11.6 Å². The molecule has 0 bridgehead atoms. The van der Waals surface area contributed by atoms with Gasteiger partial charge in [0.15, 0.2) is 0 Å². The van der Waals surface area contributed by atoms with E-state index in [1.165, 1.54) is 12.1 Å². The lowest BCUT2D eigenvalue weighted by molar-refractivity contribution is 0.178. The molecule has 2 aromatic carbocycles. The molecule has 0 spiro atoms. The van der Waals surface area contributed by atoms with Crippen LogP contribution in [0.5, 0.6) is 0 Å². The molecule has 2 rings (SSSR count). The molecule has 0 aliphatic heterocycles. The van der Waals surface area contributed by atoms with E-state index in [0.717, 1.165) is 16.7 Å². The minimum absolute atomic E-state index is 0.301. The highest BCUT2D eigenvalue weighted by Gasteiger charge is 2.12. The Kier molecular flexibility index (Phi) is 4.23. The Labute approximate surface area is 117 Å². The zero-order valence-corrected chi connectivity index (χ0v) is 11.7. The van der Waals surface area contributed by atoms with Crippen molar-refractivity contribution in [1.82, 2.24) is 0 Å². The van der Waals surface area contributed by atoms with Crippen molar-refractivity contribution in [3.63, 3.8) is 0 Å². The molecule has 0 aliphatic carbocycles. The average Bonchev–Trinajstić information content (AvgIpc) is 2.32. The van der Waals surface area contributed by atoms with Crippen LogP contribution in [0.2, 0.25) is 5.02 Å². The lowest BCUT2D eigenvalue weighted by Gasteiger charge is -2.14. The number of hydrogen-bond acceptors (Lipinski definition) is 1. The summed E-state index contributed by atoms with van der Waals surface area (Å²) in [6.07, 6.45) is -0.304. The summed E-state index contributed by atoms with van der Waals surface area (Å²) in [6, 6.07) is 10.2. The quantitative estimate of drug-likeness (QED) is 0.884. The molecule has 2 aromatic rings. The second-order valence-electron chi connectivity index (χ2n) is 4.85. The number of halogens is 2. The van der Waals surface area contributed by atoms with Gasteiger partial charge in [0.1, 0.15) is 5.82 Å². The summed E-state index contributed by atoms with van der Waals surface area (Å²) in [7, 11) is 0. The van der Waals surface area contributed by atoms with E-state index in [0.29, 0.717) is 17.0 Å². The van der Waals surface area contributed by atoms with Crippen LogP contribution in [0.4, 0.5) is 4.39 Å². The average molecular weight is 279 g/mol. The van der Waals surface area contributed by atoms with Crippen molar-refractivity contribution in [2.75, 3.05) is 0 Å². The van der Waals surface area contributed by atoms with Gasteiger partial charge in [0, 0.05) is 11.4 Å². The van der Waals surface area contributed by atoms with Crippen molar-refractivity contribution in [3.05, 3.63) is 69.5 Å². The van der Waals surface area contributed by atoms with Gasteiger partial charge in [-0.05, 0) is 48.7 Å². The van der Waals surface area contributed by atoms with Crippen molar-refractivity contribution in [2.24, 2.45) is 0 Å². The second kappa shape index (κ2) is 5.72. The van der Waals surface area contributed by atoms with Crippen molar-refractivity contribution in [2.45, 2.75) is 26.4 Å². The van der Waals surface area contributed by atoms with Gasteiger partial charge in [-0.1, -0.05) is 35.4 Å². The van der Waals surface area contributed by atoms with Crippen molar-refractivity contribution in [3.8, 4) is 0 Å². The topological polar surface area (TPSA) is 20.2 Å². The molecule has 1 N–H and O–H groups in total. The Morgan fingerprint density at radius 1 is 1.16 bits per heavy atom. The number of aliphatic hydroxyl groups is 1. The molecule has 3 heteroatoms. The predicted molar refractivity (Wildman–Crippen MR) is 76.0 cm³/mol. The summed E-state index contributed by atoms with van der Waals surface area (Å²) < 4.78 is 13.3. The molecule has 1 unspecified atom stereocenters. The van der Waals surface area contributed by atoms with Crippen LogP contribution in [0.15, 0.2) is 36.4 Å². The Balaban J connectivity index is 2.25. The minimum Gasteiger partial charge on any atom is -0.388 e. The third-order valence-electron chi connectivity index (χ3n) is 3.19. The molecule has 0 radical (unpaired) electrons. The third kappa shape index (κ3) is 3.55. The molecule has 0 fully saturated rings. The first-order valence-electron chi connectivity index (χ1n) is 6.16. The van der Waals surface area contributed by atoms with Crippen LogP contribution in [-0.4, -0.2) is 5.11 Å². The zero-order valence-electron chi connectivity index (χ0n) is 11.0. The summed E-state index contributed by atoms with van der Waals surface area (Å²) in [5, 5.41) is 10.5. The van der Waals surface area contributed by atoms with Gasteiger partial charge in [0.05, 0.1) is 6.10 Å². The molecule has 0 amide bonds. The van der Waals surface area contributed by atoms with Gasteiger partial charge < -0.3 is 5.11 Å². The summed E-state index contributed by atoms with van der Waals surface area (Å²) in [4.78, 5) is 0. The molecule has 0 saturated carbocycles. The predicted octanol–water partition coefficient (Wildman–Crippen LogP) is 4.37. The van der Waals surface area contributed by atoms with E-state index in [-0.39, 0.29) is 0 Å². The van der Waals surface area contributed by atoms with Gasteiger partial charge in [-0.25, -0.2) is 4.39 Å². The standard InChI is InChI=1S/C16H16ClFO/c1-10-3-4-11(2)12(5-10)8-16(19)13-6-14(17)9-15(18)7-13/h3-7,9,16,19H,8H2,1-2H3. The van der Waals surface area contributed by atoms with Crippen LogP contribution in [0.1, 0.15) is 28.4 Å². The fourth-order valence-electron chi connectivity index (χ4n) is 2.11. The number of aliphatic hydroxyl groups excluding tert-OH is 1. The molecule has 0 heterocycles. The fraction of sp³-hybridized carbons (Fsp3) is 0.250. The SMILES string of the molecule is Cc1ccc(C)c(CC(O)c2cc(F)cc(Cl)c2)c1. The summed E-state index contributed by atoms with van der Waals surface area (Å²) in [5.41, 5.74) is 3.83. The van der Waals surface area contributed by atoms with Crippen LogP contribution in [0, 0.1) is 19.7 Å². The Hall–Kier alpha value is -1.38. The van der Waals surface area contributed by atoms with Gasteiger partial charge in [0.25, 0.3) is 0 Å². The minimum atomic E-state index is -0.756. The second-order valence-corrected chi connectivity index (χ2v) is 5.29. The highest BCUT2D eigenvalue weighted by atomic mass is 35.5. The van der Waals surface area contributed by atoms with Crippen LogP contribution in [0.3, 0.4) is 0 Å². The molecular formula is C16H16ClFO. The molecule has 0 aromatic heterocycles. The first-order chi connectivity index (χ1) is 8.95. The van der Waals surface area contributed by atoms with Crippen LogP contribution in [0.25, 0.3) is 0 Å². The van der Waals surface area contributed by atoms with Gasteiger partial charge in [-0.15, -0.1) is 0 Å². The van der Waals surface area contributed by atoms with E-state index in [1.807, 2.05) is 32.0 Å². The largest absolute Gasteiger partial charge is 0.388 e. The first kappa shape index (κ1) is 14.0. The monoisotopic (exact) mass is 278 g/mol. The summed E-state index contributed by atoms with van der Waals surface area (Å²) in [6.45, 7) is 4.01. The number of benzene rings is 2. The molecule has 100 valence electrons. The highest BCUT2D eigenvalue weighted by molar-refractivity contribution is 6.30. The van der Waals surface area contributed by atoms with Crippen LogP contribution in [-0.2, 0) is 6.42 Å². The van der Waals surface area contributed by atoms with E-state index in [2.05, 4.69) is 0 Å². The normalized spacial score (nSPS) is 12.5. The molecule has 19 heavy (non-hydrogen) atoms. The third-order valence-corrected chi connectivity index (χ3v) is 3.41. The van der Waals surface area contributed by atoms with Crippen molar-refractivity contribution in [1.29, 1.82) is 0 Å². The van der Waals surface area contributed by atoms with Gasteiger partial charge >= 0.3 is 0 Å². The number of rotatable bonds is 3. The van der Waals surface area contributed by atoms with E-state index >= 15 is 0 Å². The molecule has 0 saturated heterocycles. The highest BCUT2D eigenvalue weighted by Crippen LogP contribution is 2.24. The van der Waals surface area contributed by atoms with E-state index in [9.17, 15) is 9.50 Å². The Morgan fingerprint density at radius 2 is 1.89 bits per heavy atom. The van der Waals surface area contributed by atoms with E-state index < -0.39 is 11.9 Å². The Bertz CT molecular complexity index is 575. The maximum Gasteiger partial charge on any atom is 0.125 e. The van der Waals surface area contributed by atoms with E-state index in [4.69, 9.17) is 11.6 Å². The maximum absolute atomic E-state index is 13.3. The smallest absolute Gasteiger partial charge is 0.125 e. The molecule has 0 aliphatic rings. The number of aryl methyl sites for hydroxylation is 2. The van der Waals surface area contributed by atoms with E-state index in [1.54, 1.807) is 6.07 Å². The fourth-order valence-corrected chi connectivity index (χ4v) is 2.34. The maximum atomic E-state index is 13.3. The zero-order chi connectivity index (χ0) is 14.0. The number of hydrogen-bond donors (Lipinski definition) is 1. The van der Waals surface area contributed by atoms with Gasteiger partial charge in [0.2, 0.25) is 0 Å². The Morgan fingerprint density at radius 3 is 2.58 bits per heavy atom. The molecular weight excluding hydrogens is 263 g/mol. The van der Waals surface area contributed by atoms with Crippen LogP contribution >= 0.6 is 11.6 Å². The first-order valence-corrected chi connectivity index (χ1v) is 6.53. The summed E-state index contributed by atoms with van der Waals surface area (Å²) in [5.74, 6) is -0.428. The lowest BCUT2D eigenvalue weighted by atomic mass is 9.97.